The summed E-state index contributed by atoms with van der Waals surface area (Å²) in [4.78, 5) is 10.6. The Morgan fingerprint density at radius 2 is 2.21 bits per heavy atom. The van der Waals surface area contributed by atoms with Crippen molar-refractivity contribution in [3.05, 3.63) is 34.6 Å². The Labute approximate surface area is 85.8 Å². The van der Waals surface area contributed by atoms with Gasteiger partial charge in [0.05, 0.1) is 0 Å². The van der Waals surface area contributed by atoms with E-state index >= 15 is 0 Å². The first kappa shape index (κ1) is 10.9. The lowest BCUT2D eigenvalue weighted by atomic mass is 10.0. The third kappa shape index (κ3) is 2.68. The van der Waals surface area contributed by atoms with Crippen molar-refractivity contribution in [1.82, 2.24) is 0 Å². The number of carbonyl (C=O) groups excluding carboxylic acids is 1. The van der Waals surface area contributed by atoms with E-state index in [0.717, 1.165) is 0 Å². The van der Waals surface area contributed by atoms with Gasteiger partial charge in [-0.15, -0.1) is 0 Å². The zero-order chi connectivity index (χ0) is 10.7. The maximum absolute atomic E-state index is 13.2. The second-order valence-corrected chi connectivity index (χ2v) is 3.38. The van der Waals surface area contributed by atoms with Crippen LogP contribution in [0.2, 0.25) is 5.02 Å². The van der Waals surface area contributed by atoms with Gasteiger partial charge in [-0.25, -0.2) is 4.39 Å². The maximum atomic E-state index is 13.2. The average Bonchev–Trinajstić information content (AvgIpc) is 2.08. The van der Waals surface area contributed by atoms with Crippen molar-refractivity contribution < 1.29 is 9.18 Å². The minimum absolute atomic E-state index is 0.0999. The Kier molecular flexibility index (Phi) is 3.43. The fourth-order valence-corrected chi connectivity index (χ4v) is 1.31. The molecule has 0 fully saturated rings. The van der Waals surface area contributed by atoms with Crippen LogP contribution in [-0.4, -0.2) is 5.91 Å². The van der Waals surface area contributed by atoms with Gasteiger partial charge in [-0.1, -0.05) is 11.6 Å². The van der Waals surface area contributed by atoms with E-state index in [9.17, 15) is 9.18 Å². The fourth-order valence-electron chi connectivity index (χ4n) is 1.13. The molecule has 1 amide bonds. The number of primary amides is 1. The smallest absolute Gasteiger partial charge is 0.219 e. The Bertz CT molecular complexity index is 357. The highest BCUT2D eigenvalue weighted by molar-refractivity contribution is 6.30. The Hall–Kier alpha value is -1.13. The van der Waals surface area contributed by atoms with Crippen LogP contribution in [0.4, 0.5) is 4.39 Å². The summed E-state index contributed by atoms with van der Waals surface area (Å²) in [5.41, 5.74) is 10.7. The van der Waals surface area contributed by atoms with Crippen molar-refractivity contribution in [3.8, 4) is 0 Å². The second kappa shape index (κ2) is 4.39. The number of hydrogen-bond donors (Lipinski definition) is 2. The predicted octanol–water partition coefficient (Wildman–Crippen LogP) is 1.35. The van der Waals surface area contributed by atoms with Gasteiger partial charge >= 0.3 is 0 Å². The zero-order valence-electron chi connectivity index (χ0n) is 7.34. The summed E-state index contributed by atoms with van der Waals surface area (Å²) in [6, 6.07) is 3.27. The quantitative estimate of drug-likeness (QED) is 0.801. The molecule has 5 heteroatoms. The zero-order valence-corrected chi connectivity index (χ0v) is 8.09. The van der Waals surface area contributed by atoms with Gasteiger partial charge in [0, 0.05) is 23.0 Å². The summed E-state index contributed by atoms with van der Waals surface area (Å²) >= 11 is 5.66. The van der Waals surface area contributed by atoms with E-state index in [-0.39, 0.29) is 12.0 Å². The fraction of sp³-hybridized carbons (Fsp3) is 0.222. The topological polar surface area (TPSA) is 69.1 Å². The van der Waals surface area contributed by atoms with Gasteiger partial charge in [-0.2, -0.15) is 0 Å². The molecule has 76 valence electrons. The SMILES string of the molecule is NC(=O)C[C@@H](N)c1cc(Cl)ccc1F. The molecule has 1 atom stereocenters. The summed E-state index contributed by atoms with van der Waals surface area (Å²) in [5.74, 6) is -1.06. The lowest BCUT2D eigenvalue weighted by Crippen LogP contribution is -2.21. The van der Waals surface area contributed by atoms with Crippen molar-refractivity contribution in [3.63, 3.8) is 0 Å². The van der Waals surface area contributed by atoms with E-state index in [1.54, 1.807) is 0 Å². The molecule has 3 nitrogen and oxygen atoms in total. The third-order valence-electron chi connectivity index (χ3n) is 1.78. The number of nitrogens with two attached hydrogens (primary N) is 2. The molecule has 0 bridgehead atoms. The van der Waals surface area contributed by atoms with E-state index in [1.165, 1.54) is 18.2 Å². The first-order valence-corrected chi connectivity index (χ1v) is 4.37. The lowest BCUT2D eigenvalue weighted by molar-refractivity contribution is -0.118. The Morgan fingerprint density at radius 1 is 1.57 bits per heavy atom. The van der Waals surface area contributed by atoms with Gasteiger partial charge in [0.1, 0.15) is 5.82 Å². The molecule has 0 unspecified atom stereocenters. The van der Waals surface area contributed by atoms with Crippen LogP contribution in [0.25, 0.3) is 0 Å². The molecule has 0 radical (unpaired) electrons. The molecule has 0 saturated heterocycles. The first-order valence-electron chi connectivity index (χ1n) is 3.99. The van der Waals surface area contributed by atoms with Gasteiger partial charge in [0.25, 0.3) is 0 Å². The molecule has 1 rings (SSSR count). The highest BCUT2D eigenvalue weighted by Crippen LogP contribution is 2.21. The van der Waals surface area contributed by atoms with Gasteiger partial charge in [-0.05, 0) is 18.2 Å². The van der Waals surface area contributed by atoms with Crippen molar-refractivity contribution in [2.75, 3.05) is 0 Å². The van der Waals surface area contributed by atoms with E-state index in [1.807, 2.05) is 0 Å². The van der Waals surface area contributed by atoms with Crippen molar-refractivity contribution in [1.29, 1.82) is 0 Å². The molecule has 0 aliphatic rings. The van der Waals surface area contributed by atoms with Crippen molar-refractivity contribution in [2.24, 2.45) is 11.5 Å². The molecule has 0 heterocycles. The van der Waals surface area contributed by atoms with E-state index in [2.05, 4.69) is 0 Å². The minimum Gasteiger partial charge on any atom is -0.370 e. The van der Waals surface area contributed by atoms with Crippen LogP contribution in [-0.2, 0) is 4.79 Å². The summed E-state index contributed by atoms with van der Waals surface area (Å²) in [5, 5.41) is 0.376. The molecule has 1 aromatic rings. The van der Waals surface area contributed by atoms with Gasteiger partial charge in [0.15, 0.2) is 0 Å². The van der Waals surface area contributed by atoms with Crippen LogP contribution in [0.5, 0.6) is 0 Å². The lowest BCUT2D eigenvalue weighted by Gasteiger charge is -2.10. The first-order chi connectivity index (χ1) is 6.50. The molecular weight excluding hydrogens is 207 g/mol. The minimum atomic E-state index is -0.744. The van der Waals surface area contributed by atoms with Crippen LogP contribution >= 0.6 is 11.6 Å². The highest BCUT2D eigenvalue weighted by Gasteiger charge is 2.13. The van der Waals surface area contributed by atoms with Crippen molar-refractivity contribution in [2.45, 2.75) is 12.5 Å². The monoisotopic (exact) mass is 216 g/mol. The Balaban J connectivity index is 2.93. The molecular formula is C9H10ClFN2O. The molecule has 0 saturated carbocycles. The highest BCUT2D eigenvalue weighted by atomic mass is 35.5. The number of carbonyl (C=O) groups is 1. The summed E-state index contributed by atoms with van der Waals surface area (Å²) < 4.78 is 13.2. The molecule has 4 N–H and O–H groups in total. The number of rotatable bonds is 3. The Morgan fingerprint density at radius 3 is 2.79 bits per heavy atom. The standard InChI is InChI=1S/C9H10ClFN2O/c10-5-1-2-7(11)6(3-5)8(12)4-9(13)14/h1-3,8H,4,12H2,(H2,13,14)/t8-/m1/s1. The van der Waals surface area contributed by atoms with Crippen LogP contribution in [0, 0.1) is 5.82 Å². The number of hydrogen-bond acceptors (Lipinski definition) is 2. The normalized spacial score (nSPS) is 12.5. The third-order valence-corrected chi connectivity index (χ3v) is 2.01. The maximum Gasteiger partial charge on any atom is 0.219 e. The number of benzene rings is 1. The number of halogens is 2. The average molecular weight is 217 g/mol. The summed E-state index contributed by atoms with van der Waals surface area (Å²) in [7, 11) is 0. The summed E-state index contributed by atoms with van der Waals surface area (Å²) in [6.07, 6.45) is -0.0999. The summed E-state index contributed by atoms with van der Waals surface area (Å²) in [6.45, 7) is 0. The molecule has 1 aromatic carbocycles. The molecule has 0 aliphatic carbocycles. The van der Waals surface area contributed by atoms with Crippen LogP contribution in [0.15, 0.2) is 18.2 Å². The van der Waals surface area contributed by atoms with E-state index < -0.39 is 17.8 Å². The molecule has 0 aromatic heterocycles. The second-order valence-electron chi connectivity index (χ2n) is 2.94. The molecule has 0 aliphatic heterocycles. The van der Waals surface area contributed by atoms with Crippen LogP contribution in [0.1, 0.15) is 18.0 Å². The largest absolute Gasteiger partial charge is 0.370 e. The van der Waals surface area contributed by atoms with Crippen molar-refractivity contribution >= 4 is 17.5 Å². The van der Waals surface area contributed by atoms with Gasteiger partial charge in [-0.3, -0.25) is 4.79 Å². The van der Waals surface area contributed by atoms with Gasteiger partial charge < -0.3 is 11.5 Å². The van der Waals surface area contributed by atoms with Crippen LogP contribution < -0.4 is 11.5 Å². The number of amides is 1. The van der Waals surface area contributed by atoms with E-state index in [0.29, 0.717) is 5.02 Å². The van der Waals surface area contributed by atoms with Crippen LogP contribution in [0.3, 0.4) is 0 Å². The van der Waals surface area contributed by atoms with E-state index in [4.69, 9.17) is 23.1 Å². The predicted molar refractivity (Wildman–Crippen MR) is 52.1 cm³/mol. The molecule has 0 spiro atoms. The van der Waals surface area contributed by atoms with Gasteiger partial charge in [0.2, 0.25) is 5.91 Å². The molecule has 14 heavy (non-hydrogen) atoms.